The predicted molar refractivity (Wildman–Crippen MR) is 103 cm³/mol. The van der Waals surface area contributed by atoms with Crippen molar-refractivity contribution < 1.29 is 4.79 Å². The summed E-state index contributed by atoms with van der Waals surface area (Å²) in [5, 5.41) is 2.88. The van der Waals surface area contributed by atoms with E-state index in [-0.39, 0.29) is 11.9 Å². The maximum atomic E-state index is 12.1. The van der Waals surface area contributed by atoms with E-state index in [1.165, 1.54) is 5.56 Å². The Bertz CT molecular complexity index is 526. The van der Waals surface area contributed by atoms with Gasteiger partial charge >= 0.3 is 0 Å². The fourth-order valence-electron chi connectivity index (χ4n) is 3.15. The lowest BCUT2D eigenvalue weighted by atomic mass is 10.2. The maximum absolute atomic E-state index is 12.1. The average molecular weight is 345 g/mol. The Morgan fingerprint density at radius 2 is 1.96 bits per heavy atom. The van der Waals surface area contributed by atoms with Gasteiger partial charge in [0, 0.05) is 52.4 Å². The largest absolute Gasteiger partial charge is 0.351 e. The standard InChI is InChI=1S/C20H32N4O/c1-4-10-21-20(25)18(2)24-15-13-23(14-16-24)12-11-22(3)17-19-8-6-5-7-9-19/h4-9,18H,1,10-17H2,2-3H3,(H,21,25). The summed E-state index contributed by atoms with van der Waals surface area (Å²) in [6, 6.07) is 10.5. The van der Waals surface area contributed by atoms with Crippen molar-refractivity contribution in [2.24, 2.45) is 0 Å². The zero-order valence-electron chi connectivity index (χ0n) is 15.7. The summed E-state index contributed by atoms with van der Waals surface area (Å²) >= 11 is 0. The molecule has 2 rings (SSSR count). The van der Waals surface area contributed by atoms with Gasteiger partial charge in [-0.15, -0.1) is 6.58 Å². The van der Waals surface area contributed by atoms with E-state index in [0.717, 1.165) is 45.8 Å². The molecule has 1 aromatic carbocycles. The van der Waals surface area contributed by atoms with Crippen molar-refractivity contribution in [2.45, 2.75) is 19.5 Å². The molecule has 1 aromatic rings. The number of amides is 1. The smallest absolute Gasteiger partial charge is 0.237 e. The van der Waals surface area contributed by atoms with Gasteiger partial charge < -0.3 is 10.2 Å². The van der Waals surface area contributed by atoms with Gasteiger partial charge in [-0.3, -0.25) is 14.6 Å². The van der Waals surface area contributed by atoms with Gasteiger partial charge in [-0.1, -0.05) is 36.4 Å². The van der Waals surface area contributed by atoms with Gasteiger partial charge in [-0.25, -0.2) is 0 Å². The predicted octanol–water partition coefficient (Wildman–Crippen LogP) is 1.43. The topological polar surface area (TPSA) is 38.8 Å². The van der Waals surface area contributed by atoms with Gasteiger partial charge in [0.25, 0.3) is 0 Å². The minimum Gasteiger partial charge on any atom is -0.351 e. The normalized spacial score (nSPS) is 17.4. The van der Waals surface area contributed by atoms with Crippen molar-refractivity contribution in [1.29, 1.82) is 0 Å². The zero-order chi connectivity index (χ0) is 18.1. The maximum Gasteiger partial charge on any atom is 0.237 e. The highest BCUT2D eigenvalue weighted by atomic mass is 16.2. The number of likely N-dealkylation sites (N-methyl/N-ethyl adjacent to an activating group) is 1. The van der Waals surface area contributed by atoms with Crippen LogP contribution in [0.2, 0.25) is 0 Å². The molecule has 1 heterocycles. The average Bonchev–Trinajstić information content (AvgIpc) is 2.65. The quantitative estimate of drug-likeness (QED) is 0.688. The fraction of sp³-hybridized carbons (Fsp3) is 0.550. The Balaban J connectivity index is 1.66. The zero-order valence-corrected chi connectivity index (χ0v) is 15.7. The van der Waals surface area contributed by atoms with Gasteiger partial charge in [-0.05, 0) is 19.5 Å². The Labute approximate surface area is 152 Å². The monoisotopic (exact) mass is 344 g/mol. The number of nitrogens with zero attached hydrogens (tertiary/aromatic N) is 3. The van der Waals surface area contributed by atoms with Crippen molar-refractivity contribution in [1.82, 2.24) is 20.0 Å². The molecule has 0 aromatic heterocycles. The van der Waals surface area contributed by atoms with Crippen LogP contribution in [0, 0.1) is 0 Å². The molecule has 0 spiro atoms. The molecule has 1 unspecified atom stereocenters. The van der Waals surface area contributed by atoms with Crippen molar-refractivity contribution in [3.05, 3.63) is 48.6 Å². The number of benzene rings is 1. The molecular formula is C20H32N4O. The van der Waals surface area contributed by atoms with E-state index < -0.39 is 0 Å². The van der Waals surface area contributed by atoms with Crippen molar-refractivity contribution in [3.63, 3.8) is 0 Å². The summed E-state index contributed by atoms with van der Waals surface area (Å²) in [4.78, 5) is 19.2. The Hall–Kier alpha value is -1.69. The Morgan fingerprint density at radius 3 is 2.60 bits per heavy atom. The van der Waals surface area contributed by atoms with Crippen molar-refractivity contribution >= 4 is 5.91 Å². The van der Waals surface area contributed by atoms with Gasteiger partial charge in [0.1, 0.15) is 0 Å². The highest BCUT2D eigenvalue weighted by molar-refractivity contribution is 5.81. The summed E-state index contributed by atoms with van der Waals surface area (Å²) < 4.78 is 0. The molecule has 1 N–H and O–H groups in total. The Morgan fingerprint density at radius 1 is 1.28 bits per heavy atom. The van der Waals surface area contributed by atoms with Crippen LogP contribution in [0.4, 0.5) is 0 Å². The van der Waals surface area contributed by atoms with Crippen LogP contribution < -0.4 is 5.32 Å². The third kappa shape index (κ3) is 6.61. The van der Waals surface area contributed by atoms with E-state index >= 15 is 0 Å². The molecular weight excluding hydrogens is 312 g/mol. The van der Waals surface area contributed by atoms with Crippen LogP contribution in [-0.2, 0) is 11.3 Å². The molecule has 5 nitrogen and oxygen atoms in total. The number of hydrogen-bond acceptors (Lipinski definition) is 4. The van der Waals surface area contributed by atoms with Gasteiger partial charge in [0.05, 0.1) is 6.04 Å². The molecule has 138 valence electrons. The van der Waals surface area contributed by atoms with Gasteiger partial charge in [-0.2, -0.15) is 0 Å². The number of nitrogens with one attached hydrogen (secondary N) is 1. The molecule has 1 fully saturated rings. The first kappa shape index (κ1) is 19.6. The van der Waals surface area contributed by atoms with Crippen molar-refractivity contribution in [2.75, 3.05) is 52.9 Å². The Kier molecular flexibility index (Phi) is 8.12. The molecule has 0 saturated carbocycles. The summed E-state index contributed by atoms with van der Waals surface area (Å²) in [6.07, 6.45) is 1.72. The highest BCUT2D eigenvalue weighted by Gasteiger charge is 2.25. The molecule has 1 aliphatic rings. The van der Waals surface area contributed by atoms with Crippen LogP contribution in [0.1, 0.15) is 12.5 Å². The van der Waals surface area contributed by atoms with E-state index in [4.69, 9.17) is 0 Å². The summed E-state index contributed by atoms with van der Waals surface area (Å²) in [5.74, 6) is 0.0935. The van der Waals surface area contributed by atoms with Crippen LogP contribution in [0.15, 0.2) is 43.0 Å². The minimum atomic E-state index is -0.0668. The van der Waals surface area contributed by atoms with Crippen molar-refractivity contribution in [3.8, 4) is 0 Å². The first-order chi connectivity index (χ1) is 12.1. The minimum absolute atomic E-state index is 0.0668. The van der Waals surface area contributed by atoms with E-state index in [1.807, 2.05) is 6.92 Å². The van der Waals surface area contributed by atoms with Crippen LogP contribution in [0.25, 0.3) is 0 Å². The van der Waals surface area contributed by atoms with Crippen LogP contribution in [-0.4, -0.2) is 79.5 Å². The number of carbonyl (C=O) groups is 1. The van der Waals surface area contributed by atoms with Crippen LogP contribution in [0.5, 0.6) is 0 Å². The molecule has 1 atom stereocenters. The van der Waals surface area contributed by atoms with E-state index in [0.29, 0.717) is 6.54 Å². The highest BCUT2D eigenvalue weighted by Crippen LogP contribution is 2.07. The number of carbonyl (C=O) groups excluding carboxylic acids is 1. The molecule has 1 amide bonds. The van der Waals surface area contributed by atoms with Gasteiger partial charge in [0.2, 0.25) is 5.91 Å². The molecule has 0 bridgehead atoms. The second-order valence-corrected chi connectivity index (χ2v) is 6.81. The SMILES string of the molecule is C=CCNC(=O)C(C)N1CCN(CCN(C)Cc2ccccc2)CC1. The second-order valence-electron chi connectivity index (χ2n) is 6.81. The number of rotatable bonds is 9. The molecule has 1 aliphatic heterocycles. The molecule has 5 heteroatoms. The van der Waals surface area contributed by atoms with Crippen LogP contribution in [0.3, 0.4) is 0 Å². The second kappa shape index (κ2) is 10.3. The lowest BCUT2D eigenvalue weighted by Crippen LogP contribution is -2.54. The number of hydrogen-bond donors (Lipinski definition) is 1. The lowest BCUT2D eigenvalue weighted by molar-refractivity contribution is -0.126. The first-order valence-corrected chi connectivity index (χ1v) is 9.17. The van der Waals surface area contributed by atoms with Crippen LogP contribution >= 0.6 is 0 Å². The molecule has 1 saturated heterocycles. The van der Waals surface area contributed by atoms with E-state index in [2.05, 4.69) is 64.0 Å². The lowest BCUT2D eigenvalue weighted by Gasteiger charge is -2.37. The summed E-state index contributed by atoms with van der Waals surface area (Å²) in [6.45, 7) is 13.2. The third-order valence-electron chi connectivity index (χ3n) is 4.85. The first-order valence-electron chi connectivity index (χ1n) is 9.17. The fourth-order valence-corrected chi connectivity index (χ4v) is 3.15. The molecule has 0 aliphatic carbocycles. The van der Waals surface area contributed by atoms with E-state index in [9.17, 15) is 4.79 Å². The van der Waals surface area contributed by atoms with E-state index in [1.54, 1.807) is 6.08 Å². The molecule has 25 heavy (non-hydrogen) atoms. The summed E-state index contributed by atoms with van der Waals surface area (Å²) in [7, 11) is 2.18. The summed E-state index contributed by atoms with van der Waals surface area (Å²) in [5.41, 5.74) is 1.36. The van der Waals surface area contributed by atoms with Gasteiger partial charge in [0.15, 0.2) is 0 Å². The molecule has 0 radical (unpaired) electrons. The number of piperazine rings is 1. The third-order valence-corrected chi connectivity index (χ3v) is 4.85.